The molecule has 5 nitrogen and oxygen atoms in total. The van der Waals surface area contributed by atoms with Crippen LogP contribution in [-0.2, 0) is 11.8 Å². The van der Waals surface area contributed by atoms with E-state index in [0.717, 1.165) is 0 Å². The van der Waals surface area contributed by atoms with Crippen LogP contribution < -0.4 is 4.74 Å². The van der Waals surface area contributed by atoms with Crippen molar-refractivity contribution in [1.82, 2.24) is 9.78 Å². The number of hydrogen-bond acceptors (Lipinski definition) is 3. The fourth-order valence-corrected chi connectivity index (χ4v) is 1.09. The molecular formula is C10H14N2O3. The summed E-state index contributed by atoms with van der Waals surface area (Å²) in [4.78, 5) is 10.6. The van der Waals surface area contributed by atoms with Crippen LogP contribution in [-0.4, -0.2) is 27.5 Å². The molecule has 1 N–H and O–H groups in total. The third kappa shape index (κ3) is 3.46. The van der Waals surface area contributed by atoms with Crippen LogP contribution >= 0.6 is 0 Å². The number of ether oxygens (including phenoxy) is 1. The van der Waals surface area contributed by atoms with Gasteiger partial charge in [-0.15, -0.1) is 0 Å². The maximum absolute atomic E-state index is 10.6. The highest BCUT2D eigenvalue weighted by atomic mass is 16.5. The quantitative estimate of drug-likeness (QED) is 0.742. The second kappa shape index (κ2) is 5.19. The van der Waals surface area contributed by atoms with Crippen LogP contribution in [0.2, 0.25) is 0 Å². The van der Waals surface area contributed by atoms with Gasteiger partial charge in [-0.2, -0.15) is 5.10 Å². The average Bonchev–Trinajstić information content (AvgIpc) is 2.58. The molecule has 15 heavy (non-hydrogen) atoms. The number of carbonyl (C=O) groups is 1. The molecule has 0 saturated heterocycles. The largest absolute Gasteiger partial charge is 0.486 e. The Morgan fingerprint density at radius 2 is 2.47 bits per heavy atom. The SMILES string of the molecule is CCC(=CCOc1cnn(C)c1)C(=O)O. The Bertz CT molecular complexity index is 368. The van der Waals surface area contributed by atoms with Gasteiger partial charge in [-0.05, 0) is 12.5 Å². The van der Waals surface area contributed by atoms with E-state index in [1.165, 1.54) is 0 Å². The number of aromatic nitrogens is 2. The lowest BCUT2D eigenvalue weighted by atomic mass is 10.2. The molecule has 1 aromatic rings. The van der Waals surface area contributed by atoms with Crippen LogP contribution in [0.1, 0.15) is 13.3 Å². The van der Waals surface area contributed by atoms with E-state index in [9.17, 15) is 4.79 Å². The van der Waals surface area contributed by atoms with Gasteiger partial charge in [0.15, 0.2) is 5.75 Å². The van der Waals surface area contributed by atoms with Crippen molar-refractivity contribution in [1.29, 1.82) is 0 Å². The zero-order valence-electron chi connectivity index (χ0n) is 8.80. The molecule has 0 fully saturated rings. The first-order chi connectivity index (χ1) is 7.13. The molecule has 0 spiro atoms. The van der Waals surface area contributed by atoms with E-state index in [0.29, 0.717) is 17.7 Å². The van der Waals surface area contributed by atoms with Crippen LogP contribution in [0.25, 0.3) is 0 Å². The van der Waals surface area contributed by atoms with Gasteiger partial charge in [0.05, 0.1) is 12.4 Å². The van der Waals surface area contributed by atoms with Crippen molar-refractivity contribution >= 4 is 5.97 Å². The highest BCUT2D eigenvalue weighted by Crippen LogP contribution is 2.07. The Morgan fingerprint density at radius 1 is 1.73 bits per heavy atom. The van der Waals surface area contributed by atoms with Crippen LogP contribution in [0.3, 0.4) is 0 Å². The van der Waals surface area contributed by atoms with Crippen molar-refractivity contribution in [2.24, 2.45) is 7.05 Å². The van der Waals surface area contributed by atoms with Gasteiger partial charge in [0.1, 0.15) is 6.61 Å². The monoisotopic (exact) mass is 210 g/mol. The molecule has 1 heterocycles. The molecule has 0 bridgehead atoms. The molecule has 1 rings (SSSR count). The first-order valence-corrected chi connectivity index (χ1v) is 4.67. The lowest BCUT2D eigenvalue weighted by Gasteiger charge is -2.00. The summed E-state index contributed by atoms with van der Waals surface area (Å²) in [6.45, 7) is 2.05. The van der Waals surface area contributed by atoms with Crippen molar-refractivity contribution in [2.45, 2.75) is 13.3 Å². The normalized spacial score (nSPS) is 11.5. The minimum atomic E-state index is -0.896. The number of carboxylic acid groups (broad SMARTS) is 1. The van der Waals surface area contributed by atoms with Gasteiger partial charge in [-0.1, -0.05) is 6.92 Å². The number of nitrogens with zero attached hydrogens (tertiary/aromatic N) is 2. The topological polar surface area (TPSA) is 64.4 Å². The number of rotatable bonds is 5. The summed E-state index contributed by atoms with van der Waals surface area (Å²) in [5, 5.41) is 12.7. The molecule has 0 saturated carbocycles. The van der Waals surface area contributed by atoms with E-state index in [1.54, 1.807) is 37.1 Å². The fourth-order valence-electron chi connectivity index (χ4n) is 1.09. The van der Waals surface area contributed by atoms with Crippen molar-refractivity contribution in [3.63, 3.8) is 0 Å². The van der Waals surface area contributed by atoms with E-state index < -0.39 is 5.97 Å². The second-order valence-electron chi connectivity index (χ2n) is 3.05. The molecule has 0 unspecified atom stereocenters. The summed E-state index contributed by atoms with van der Waals surface area (Å²) in [6, 6.07) is 0. The fraction of sp³-hybridized carbons (Fsp3) is 0.400. The van der Waals surface area contributed by atoms with Gasteiger partial charge < -0.3 is 9.84 Å². The van der Waals surface area contributed by atoms with E-state index in [4.69, 9.17) is 9.84 Å². The first kappa shape index (κ1) is 11.3. The summed E-state index contributed by atoms with van der Waals surface area (Å²) in [7, 11) is 1.79. The zero-order valence-corrected chi connectivity index (χ0v) is 8.80. The molecule has 82 valence electrons. The first-order valence-electron chi connectivity index (χ1n) is 4.67. The molecule has 0 aliphatic rings. The molecule has 0 aromatic carbocycles. The smallest absolute Gasteiger partial charge is 0.331 e. The standard InChI is InChI=1S/C10H14N2O3/c1-3-8(10(13)14)4-5-15-9-6-11-12(2)7-9/h4,6-7H,3,5H2,1-2H3,(H,13,14). The van der Waals surface area contributed by atoms with Gasteiger partial charge in [0.25, 0.3) is 0 Å². The summed E-state index contributed by atoms with van der Waals surface area (Å²) in [6.07, 6.45) is 5.36. The molecule has 0 aliphatic carbocycles. The Hall–Kier alpha value is -1.78. The Kier molecular flexibility index (Phi) is 3.91. The molecule has 5 heteroatoms. The minimum absolute atomic E-state index is 0.251. The number of aryl methyl sites for hydroxylation is 1. The van der Waals surface area contributed by atoms with Gasteiger partial charge in [0, 0.05) is 12.6 Å². The molecular weight excluding hydrogens is 196 g/mol. The average molecular weight is 210 g/mol. The van der Waals surface area contributed by atoms with E-state index >= 15 is 0 Å². The van der Waals surface area contributed by atoms with Crippen LogP contribution in [0, 0.1) is 0 Å². The lowest BCUT2D eigenvalue weighted by molar-refractivity contribution is -0.132. The summed E-state index contributed by atoms with van der Waals surface area (Å²) in [5.74, 6) is -0.262. The molecule has 1 aromatic heterocycles. The minimum Gasteiger partial charge on any atom is -0.486 e. The van der Waals surface area contributed by atoms with Gasteiger partial charge in [-0.25, -0.2) is 4.79 Å². The lowest BCUT2D eigenvalue weighted by Crippen LogP contribution is -2.02. The second-order valence-corrected chi connectivity index (χ2v) is 3.05. The predicted molar refractivity (Wildman–Crippen MR) is 54.7 cm³/mol. The van der Waals surface area contributed by atoms with Crippen LogP contribution in [0.4, 0.5) is 0 Å². The molecule has 0 radical (unpaired) electrons. The van der Waals surface area contributed by atoms with E-state index in [-0.39, 0.29) is 6.61 Å². The number of hydrogen-bond donors (Lipinski definition) is 1. The Balaban J connectivity index is 2.47. The van der Waals surface area contributed by atoms with Crippen molar-refractivity contribution in [3.05, 3.63) is 24.0 Å². The van der Waals surface area contributed by atoms with E-state index in [1.807, 2.05) is 0 Å². The molecule has 0 atom stereocenters. The van der Waals surface area contributed by atoms with Crippen molar-refractivity contribution in [3.8, 4) is 5.75 Å². The third-order valence-corrected chi connectivity index (χ3v) is 1.92. The van der Waals surface area contributed by atoms with Crippen molar-refractivity contribution in [2.75, 3.05) is 6.61 Å². The van der Waals surface area contributed by atoms with Gasteiger partial charge in [0.2, 0.25) is 0 Å². The third-order valence-electron chi connectivity index (χ3n) is 1.92. The van der Waals surface area contributed by atoms with Crippen molar-refractivity contribution < 1.29 is 14.6 Å². The van der Waals surface area contributed by atoms with Crippen LogP contribution in [0.5, 0.6) is 5.75 Å². The predicted octanol–water partition coefficient (Wildman–Crippen LogP) is 1.22. The highest BCUT2D eigenvalue weighted by molar-refractivity contribution is 5.86. The maximum Gasteiger partial charge on any atom is 0.331 e. The molecule has 0 amide bonds. The highest BCUT2D eigenvalue weighted by Gasteiger charge is 2.03. The summed E-state index contributed by atoms with van der Waals surface area (Å²) >= 11 is 0. The maximum atomic E-state index is 10.6. The van der Waals surface area contributed by atoms with E-state index in [2.05, 4.69) is 5.10 Å². The summed E-state index contributed by atoms with van der Waals surface area (Å²) in [5.41, 5.74) is 0.360. The molecule has 0 aliphatic heterocycles. The zero-order chi connectivity index (χ0) is 11.3. The van der Waals surface area contributed by atoms with Gasteiger partial charge >= 0.3 is 5.97 Å². The number of carboxylic acids is 1. The Labute approximate surface area is 88.0 Å². The van der Waals surface area contributed by atoms with Gasteiger partial charge in [-0.3, -0.25) is 4.68 Å². The Morgan fingerprint density at radius 3 is 2.93 bits per heavy atom. The van der Waals surface area contributed by atoms with Crippen LogP contribution in [0.15, 0.2) is 24.0 Å². The number of aliphatic carboxylic acids is 1. The summed E-state index contributed by atoms with van der Waals surface area (Å²) < 4.78 is 6.91.